The Kier molecular flexibility index (Phi) is 4.50. The number of nitro groups is 1. The summed E-state index contributed by atoms with van der Waals surface area (Å²) >= 11 is 0. The topological polar surface area (TPSA) is 156 Å². The van der Waals surface area contributed by atoms with Crippen LogP contribution in [-0.2, 0) is 0 Å². The molecule has 0 unspecified atom stereocenters. The first-order chi connectivity index (χ1) is 10.9. The number of non-ortho nitro benzene ring substituents is 1. The van der Waals surface area contributed by atoms with Crippen molar-refractivity contribution in [1.29, 1.82) is 0 Å². The smallest absolute Gasteiger partial charge is 0.274 e. The number of hydrazone groups is 1. The molecule has 0 aliphatic rings. The molecule has 11 heteroatoms. The lowest BCUT2D eigenvalue weighted by Crippen LogP contribution is -2.15. The number of hydrogen-bond donors (Lipinski definition) is 3. The number of anilines is 1. The standard InChI is InChI=1S/C12H12N6O5/c1-6-11(20)14-12(17-15-6)16-13-5-7-3-8(18(21)22)4-9(23-2)10(7)19/h3-5,19H,1-2H3,(H2,14,16,17,20). The summed E-state index contributed by atoms with van der Waals surface area (Å²) in [6.07, 6.45) is 1.12. The summed E-state index contributed by atoms with van der Waals surface area (Å²) in [7, 11) is 1.27. The Labute approximate surface area is 128 Å². The maximum Gasteiger partial charge on any atom is 0.274 e. The summed E-state index contributed by atoms with van der Waals surface area (Å²) in [6, 6.07) is 2.20. The van der Waals surface area contributed by atoms with E-state index >= 15 is 0 Å². The van der Waals surface area contributed by atoms with Gasteiger partial charge in [0.2, 0.25) is 5.95 Å². The van der Waals surface area contributed by atoms with E-state index in [-0.39, 0.29) is 34.4 Å². The van der Waals surface area contributed by atoms with Crippen LogP contribution in [0, 0.1) is 17.0 Å². The number of nitrogens with one attached hydrogen (secondary N) is 2. The van der Waals surface area contributed by atoms with Crippen LogP contribution in [0.1, 0.15) is 11.3 Å². The summed E-state index contributed by atoms with van der Waals surface area (Å²) in [6.45, 7) is 1.49. The first-order valence-corrected chi connectivity index (χ1v) is 6.20. The molecule has 0 spiro atoms. The number of aromatic nitrogens is 3. The summed E-state index contributed by atoms with van der Waals surface area (Å²) < 4.78 is 4.86. The van der Waals surface area contributed by atoms with Gasteiger partial charge in [-0.3, -0.25) is 19.9 Å². The number of aromatic amines is 1. The van der Waals surface area contributed by atoms with Crippen molar-refractivity contribution in [2.45, 2.75) is 6.92 Å². The van der Waals surface area contributed by atoms with Gasteiger partial charge in [0.25, 0.3) is 11.2 Å². The molecule has 0 fully saturated rings. The zero-order valence-corrected chi connectivity index (χ0v) is 12.1. The molecule has 3 N–H and O–H groups in total. The van der Waals surface area contributed by atoms with Gasteiger partial charge < -0.3 is 9.84 Å². The number of nitrogens with zero attached hydrogens (tertiary/aromatic N) is 4. The van der Waals surface area contributed by atoms with Crippen molar-refractivity contribution < 1.29 is 14.8 Å². The Balaban J connectivity index is 2.27. The highest BCUT2D eigenvalue weighted by Crippen LogP contribution is 2.33. The first-order valence-electron chi connectivity index (χ1n) is 6.20. The van der Waals surface area contributed by atoms with Gasteiger partial charge in [0.05, 0.1) is 24.3 Å². The molecule has 0 aliphatic heterocycles. The van der Waals surface area contributed by atoms with E-state index in [0.29, 0.717) is 0 Å². The zero-order valence-electron chi connectivity index (χ0n) is 12.1. The molecule has 0 aliphatic carbocycles. The summed E-state index contributed by atoms with van der Waals surface area (Å²) in [5.41, 5.74) is 1.93. The SMILES string of the molecule is COc1cc([N+](=O)[O-])cc(C=NNc2nnc(C)c(=O)[nH]2)c1O. The molecule has 0 radical (unpaired) electrons. The third-order valence-corrected chi connectivity index (χ3v) is 2.75. The number of H-pyrrole nitrogens is 1. The largest absolute Gasteiger partial charge is 0.504 e. The maximum atomic E-state index is 11.3. The van der Waals surface area contributed by atoms with Gasteiger partial charge in [0.1, 0.15) is 5.69 Å². The number of ether oxygens (including phenoxy) is 1. The van der Waals surface area contributed by atoms with Crippen molar-refractivity contribution in [2.24, 2.45) is 5.10 Å². The average Bonchev–Trinajstić information content (AvgIpc) is 2.52. The molecule has 1 heterocycles. The van der Waals surface area contributed by atoms with Crippen LogP contribution >= 0.6 is 0 Å². The highest BCUT2D eigenvalue weighted by atomic mass is 16.6. The summed E-state index contributed by atoms with van der Waals surface area (Å²) in [5, 5.41) is 31.7. The number of aromatic hydroxyl groups is 1. The second-order valence-corrected chi connectivity index (χ2v) is 4.30. The van der Waals surface area contributed by atoms with Crippen LogP contribution < -0.4 is 15.7 Å². The Bertz CT molecular complexity index is 831. The summed E-state index contributed by atoms with van der Waals surface area (Å²) in [4.78, 5) is 23.9. The average molecular weight is 320 g/mol. The Morgan fingerprint density at radius 1 is 1.48 bits per heavy atom. The fourth-order valence-electron chi connectivity index (χ4n) is 1.58. The van der Waals surface area contributed by atoms with E-state index in [1.165, 1.54) is 14.0 Å². The van der Waals surface area contributed by atoms with Crippen molar-refractivity contribution >= 4 is 17.9 Å². The molecule has 0 saturated heterocycles. The van der Waals surface area contributed by atoms with Gasteiger partial charge in [0, 0.05) is 11.6 Å². The maximum absolute atomic E-state index is 11.3. The minimum atomic E-state index is -0.629. The van der Waals surface area contributed by atoms with Gasteiger partial charge >= 0.3 is 0 Å². The van der Waals surface area contributed by atoms with Crippen molar-refractivity contribution in [3.8, 4) is 11.5 Å². The third kappa shape index (κ3) is 3.58. The summed E-state index contributed by atoms with van der Waals surface area (Å²) in [5.74, 6) is -0.398. The molecule has 0 atom stereocenters. The van der Waals surface area contributed by atoms with Crippen LogP contribution in [0.3, 0.4) is 0 Å². The van der Waals surface area contributed by atoms with E-state index in [1.54, 1.807) is 0 Å². The fourth-order valence-corrected chi connectivity index (χ4v) is 1.58. The molecule has 0 bridgehead atoms. The number of nitro benzene ring substituents is 1. The minimum absolute atomic E-state index is 0.0197. The number of aryl methyl sites for hydroxylation is 1. The van der Waals surface area contributed by atoms with Crippen LogP contribution in [0.25, 0.3) is 0 Å². The molecule has 0 amide bonds. The molecule has 120 valence electrons. The second kappa shape index (κ2) is 6.51. The molecule has 11 nitrogen and oxygen atoms in total. The first kappa shape index (κ1) is 15.9. The lowest BCUT2D eigenvalue weighted by Gasteiger charge is -2.05. The molecule has 2 rings (SSSR count). The van der Waals surface area contributed by atoms with E-state index in [4.69, 9.17) is 4.74 Å². The lowest BCUT2D eigenvalue weighted by atomic mass is 10.2. The normalized spacial score (nSPS) is 10.7. The van der Waals surface area contributed by atoms with Crippen LogP contribution in [0.15, 0.2) is 22.0 Å². The number of benzene rings is 1. The molecule has 2 aromatic rings. The van der Waals surface area contributed by atoms with E-state index in [1.807, 2.05) is 0 Å². The minimum Gasteiger partial charge on any atom is -0.504 e. The van der Waals surface area contributed by atoms with Crippen LogP contribution in [0.4, 0.5) is 11.6 Å². The Morgan fingerprint density at radius 2 is 2.22 bits per heavy atom. The molecular formula is C12H12N6O5. The zero-order chi connectivity index (χ0) is 17.0. The van der Waals surface area contributed by atoms with Crippen LogP contribution in [-0.4, -0.2) is 38.5 Å². The second-order valence-electron chi connectivity index (χ2n) is 4.30. The van der Waals surface area contributed by atoms with Gasteiger partial charge in [-0.15, -0.1) is 10.2 Å². The van der Waals surface area contributed by atoms with E-state index in [0.717, 1.165) is 18.3 Å². The van der Waals surface area contributed by atoms with Gasteiger partial charge in [-0.1, -0.05) is 0 Å². The van der Waals surface area contributed by atoms with Crippen LogP contribution in [0.5, 0.6) is 11.5 Å². The highest BCUT2D eigenvalue weighted by molar-refractivity contribution is 5.86. The molecule has 1 aromatic carbocycles. The van der Waals surface area contributed by atoms with Gasteiger partial charge in [-0.05, 0) is 6.92 Å². The molecule has 23 heavy (non-hydrogen) atoms. The van der Waals surface area contributed by atoms with E-state index in [2.05, 4.69) is 25.7 Å². The Hall–Kier alpha value is -3.50. The van der Waals surface area contributed by atoms with Gasteiger partial charge in [-0.2, -0.15) is 5.10 Å². The number of hydrogen-bond acceptors (Lipinski definition) is 9. The van der Waals surface area contributed by atoms with E-state index < -0.39 is 10.5 Å². The fraction of sp³-hybridized carbons (Fsp3) is 0.167. The molecule has 0 saturated carbocycles. The van der Waals surface area contributed by atoms with Crippen molar-refractivity contribution in [3.05, 3.63) is 43.9 Å². The van der Waals surface area contributed by atoms with Gasteiger partial charge in [0.15, 0.2) is 11.5 Å². The predicted molar refractivity (Wildman–Crippen MR) is 79.9 cm³/mol. The molecule has 1 aromatic heterocycles. The van der Waals surface area contributed by atoms with Gasteiger partial charge in [-0.25, -0.2) is 5.43 Å². The quantitative estimate of drug-likeness (QED) is 0.409. The predicted octanol–water partition coefficient (Wildman–Crippen LogP) is 0.542. The van der Waals surface area contributed by atoms with Crippen molar-refractivity contribution in [1.82, 2.24) is 15.2 Å². The number of phenolic OH excluding ortho intramolecular Hbond substituents is 1. The van der Waals surface area contributed by atoms with E-state index in [9.17, 15) is 20.0 Å². The monoisotopic (exact) mass is 320 g/mol. The number of phenols is 1. The highest BCUT2D eigenvalue weighted by Gasteiger charge is 2.15. The molecular weight excluding hydrogens is 308 g/mol. The van der Waals surface area contributed by atoms with Crippen LogP contribution in [0.2, 0.25) is 0 Å². The Morgan fingerprint density at radius 3 is 2.83 bits per heavy atom. The third-order valence-electron chi connectivity index (χ3n) is 2.75. The lowest BCUT2D eigenvalue weighted by molar-refractivity contribution is -0.385. The number of rotatable bonds is 5. The van der Waals surface area contributed by atoms with Crippen molar-refractivity contribution in [2.75, 3.05) is 12.5 Å². The van der Waals surface area contributed by atoms with Crippen molar-refractivity contribution in [3.63, 3.8) is 0 Å². The number of methoxy groups -OCH3 is 1.